The molecule has 0 amide bonds. The van der Waals surface area contributed by atoms with Crippen molar-refractivity contribution in [2.45, 2.75) is 0 Å². The van der Waals surface area contributed by atoms with E-state index < -0.39 is 0 Å². The molecule has 4 rings (SSSR count). The van der Waals surface area contributed by atoms with Crippen LogP contribution < -0.4 is 10.6 Å². The Hall–Kier alpha value is -3.27. The molecule has 0 fully saturated rings. The SMILES string of the molecule is CN(C(N)=Nc1cccc2ccccc12)c1cc2ccccc2o1. The van der Waals surface area contributed by atoms with Crippen molar-refractivity contribution in [1.82, 2.24) is 0 Å². The van der Waals surface area contributed by atoms with Crippen LogP contribution in [0.5, 0.6) is 0 Å². The lowest BCUT2D eigenvalue weighted by Crippen LogP contribution is -2.33. The minimum atomic E-state index is 0.380. The number of rotatable bonds is 2. The van der Waals surface area contributed by atoms with Gasteiger partial charge in [-0.3, -0.25) is 4.90 Å². The van der Waals surface area contributed by atoms with Crippen molar-refractivity contribution < 1.29 is 4.42 Å². The maximum Gasteiger partial charge on any atom is 0.203 e. The smallest absolute Gasteiger partial charge is 0.203 e. The highest BCUT2D eigenvalue weighted by atomic mass is 16.4. The van der Waals surface area contributed by atoms with Crippen molar-refractivity contribution in [1.29, 1.82) is 0 Å². The fourth-order valence-corrected chi connectivity index (χ4v) is 2.75. The second-order valence-corrected chi connectivity index (χ2v) is 5.65. The number of anilines is 1. The van der Waals surface area contributed by atoms with Crippen LogP contribution in [0.3, 0.4) is 0 Å². The lowest BCUT2D eigenvalue weighted by Gasteiger charge is -2.14. The Morgan fingerprint density at radius 2 is 1.62 bits per heavy atom. The number of hydrogen-bond donors (Lipinski definition) is 1. The van der Waals surface area contributed by atoms with Gasteiger partial charge in [-0.15, -0.1) is 0 Å². The largest absolute Gasteiger partial charge is 0.440 e. The third kappa shape index (κ3) is 2.48. The second-order valence-electron chi connectivity index (χ2n) is 5.65. The Balaban J connectivity index is 1.73. The fraction of sp³-hybridized carbons (Fsp3) is 0.0500. The average molecular weight is 315 g/mol. The van der Waals surface area contributed by atoms with Gasteiger partial charge in [-0.25, -0.2) is 4.99 Å². The van der Waals surface area contributed by atoms with Gasteiger partial charge in [0.1, 0.15) is 5.58 Å². The molecule has 1 heterocycles. The molecule has 0 spiro atoms. The first-order valence-electron chi connectivity index (χ1n) is 7.76. The number of fused-ring (bicyclic) bond motifs is 2. The molecule has 118 valence electrons. The number of para-hydroxylation sites is 1. The quantitative estimate of drug-likeness (QED) is 0.432. The Morgan fingerprint density at radius 3 is 2.46 bits per heavy atom. The summed E-state index contributed by atoms with van der Waals surface area (Å²) in [5.74, 6) is 1.04. The van der Waals surface area contributed by atoms with Crippen LogP contribution in [-0.2, 0) is 0 Å². The van der Waals surface area contributed by atoms with Crippen molar-refractivity contribution in [3.63, 3.8) is 0 Å². The summed E-state index contributed by atoms with van der Waals surface area (Å²) >= 11 is 0. The molecule has 0 aliphatic rings. The monoisotopic (exact) mass is 315 g/mol. The molecule has 0 aliphatic heterocycles. The number of nitrogens with two attached hydrogens (primary N) is 1. The number of aliphatic imine (C=N–C) groups is 1. The zero-order valence-corrected chi connectivity index (χ0v) is 13.3. The number of guanidine groups is 1. The summed E-state index contributed by atoms with van der Waals surface area (Å²) in [7, 11) is 1.85. The molecule has 0 atom stereocenters. The molecule has 0 saturated carbocycles. The van der Waals surface area contributed by atoms with Gasteiger partial charge < -0.3 is 10.2 Å². The summed E-state index contributed by atoms with van der Waals surface area (Å²) in [5.41, 5.74) is 7.88. The summed E-state index contributed by atoms with van der Waals surface area (Å²) in [6, 6.07) is 24.0. The molecule has 0 radical (unpaired) electrons. The van der Waals surface area contributed by atoms with Crippen LogP contribution in [0, 0.1) is 0 Å². The molecule has 0 aliphatic carbocycles. The van der Waals surface area contributed by atoms with Gasteiger partial charge in [-0.2, -0.15) is 0 Å². The number of furan rings is 1. The van der Waals surface area contributed by atoms with E-state index in [2.05, 4.69) is 17.1 Å². The van der Waals surface area contributed by atoms with Crippen molar-refractivity contribution >= 4 is 39.3 Å². The number of hydrogen-bond acceptors (Lipinski definition) is 2. The van der Waals surface area contributed by atoms with Gasteiger partial charge in [-0.05, 0) is 17.5 Å². The first kappa shape index (κ1) is 14.3. The van der Waals surface area contributed by atoms with Crippen molar-refractivity contribution in [3.05, 3.63) is 72.8 Å². The maximum absolute atomic E-state index is 6.21. The second kappa shape index (κ2) is 5.74. The first-order valence-corrected chi connectivity index (χ1v) is 7.76. The molecule has 4 nitrogen and oxygen atoms in total. The molecule has 24 heavy (non-hydrogen) atoms. The van der Waals surface area contributed by atoms with E-state index in [0.717, 1.165) is 27.4 Å². The zero-order chi connectivity index (χ0) is 16.5. The lowest BCUT2D eigenvalue weighted by molar-refractivity contribution is 0.618. The van der Waals surface area contributed by atoms with Crippen LogP contribution in [0.25, 0.3) is 21.7 Å². The molecule has 0 bridgehead atoms. The molecule has 4 heteroatoms. The van der Waals surface area contributed by atoms with Gasteiger partial charge in [0.25, 0.3) is 0 Å². The topological polar surface area (TPSA) is 54.8 Å². The Kier molecular flexibility index (Phi) is 3.43. The highest BCUT2D eigenvalue weighted by Crippen LogP contribution is 2.28. The highest BCUT2D eigenvalue weighted by Gasteiger charge is 2.11. The van der Waals surface area contributed by atoms with Crippen LogP contribution in [0.1, 0.15) is 0 Å². The number of benzene rings is 3. The van der Waals surface area contributed by atoms with Gasteiger partial charge >= 0.3 is 0 Å². The van der Waals surface area contributed by atoms with E-state index in [1.807, 2.05) is 67.7 Å². The van der Waals surface area contributed by atoms with Crippen molar-refractivity contribution in [2.75, 3.05) is 11.9 Å². The van der Waals surface area contributed by atoms with Gasteiger partial charge in [-0.1, -0.05) is 54.6 Å². The number of nitrogens with zero attached hydrogens (tertiary/aromatic N) is 2. The Bertz CT molecular complexity index is 1010. The predicted octanol–water partition coefficient (Wildman–Crippen LogP) is 4.67. The van der Waals surface area contributed by atoms with Crippen LogP contribution >= 0.6 is 0 Å². The molecule has 0 saturated heterocycles. The molecule has 3 aromatic carbocycles. The van der Waals surface area contributed by atoms with Gasteiger partial charge in [0.2, 0.25) is 11.8 Å². The third-order valence-corrected chi connectivity index (χ3v) is 4.09. The maximum atomic E-state index is 6.21. The van der Waals surface area contributed by atoms with E-state index in [9.17, 15) is 0 Å². The van der Waals surface area contributed by atoms with Gasteiger partial charge in [0.05, 0.1) is 5.69 Å². The molecule has 0 unspecified atom stereocenters. The molecule has 4 aromatic rings. The predicted molar refractivity (Wildman–Crippen MR) is 99.8 cm³/mol. The molecule has 1 aromatic heterocycles. The molecular formula is C20H17N3O. The normalized spacial score (nSPS) is 12.0. The Morgan fingerprint density at radius 1 is 0.917 bits per heavy atom. The van der Waals surface area contributed by atoms with E-state index in [1.165, 1.54) is 0 Å². The fourth-order valence-electron chi connectivity index (χ4n) is 2.75. The van der Waals surface area contributed by atoms with Gasteiger partial charge in [0.15, 0.2) is 0 Å². The van der Waals surface area contributed by atoms with E-state index in [4.69, 9.17) is 10.2 Å². The van der Waals surface area contributed by atoms with E-state index in [0.29, 0.717) is 11.8 Å². The standard InChI is InChI=1S/C20H17N3O/c1-23(19-13-15-8-3-5-12-18(15)24-19)20(21)22-17-11-6-9-14-7-2-4-10-16(14)17/h2-13H,1H3,(H2,21,22). The third-order valence-electron chi connectivity index (χ3n) is 4.09. The molecule has 2 N–H and O–H groups in total. The Labute approximate surface area is 139 Å². The minimum absolute atomic E-state index is 0.380. The summed E-state index contributed by atoms with van der Waals surface area (Å²) in [6.07, 6.45) is 0. The minimum Gasteiger partial charge on any atom is -0.440 e. The van der Waals surface area contributed by atoms with Crippen LogP contribution in [-0.4, -0.2) is 13.0 Å². The first-order chi connectivity index (χ1) is 11.7. The van der Waals surface area contributed by atoms with Gasteiger partial charge in [0, 0.05) is 23.9 Å². The summed E-state index contributed by atoms with van der Waals surface area (Å²) in [5, 5.41) is 3.25. The summed E-state index contributed by atoms with van der Waals surface area (Å²) in [6.45, 7) is 0. The van der Waals surface area contributed by atoms with E-state index in [-0.39, 0.29) is 0 Å². The summed E-state index contributed by atoms with van der Waals surface area (Å²) in [4.78, 5) is 6.35. The van der Waals surface area contributed by atoms with Crippen molar-refractivity contribution in [3.8, 4) is 0 Å². The van der Waals surface area contributed by atoms with E-state index in [1.54, 1.807) is 4.90 Å². The summed E-state index contributed by atoms with van der Waals surface area (Å²) < 4.78 is 5.84. The zero-order valence-electron chi connectivity index (χ0n) is 13.3. The van der Waals surface area contributed by atoms with E-state index >= 15 is 0 Å². The van der Waals surface area contributed by atoms with Crippen molar-refractivity contribution in [2.24, 2.45) is 10.7 Å². The lowest BCUT2D eigenvalue weighted by atomic mass is 10.1. The van der Waals surface area contributed by atoms with Crippen LogP contribution in [0.2, 0.25) is 0 Å². The van der Waals surface area contributed by atoms with Crippen LogP contribution in [0.4, 0.5) is 11.6 Å². The molecular weight excluding hydrogens is 298 g/mol. The highest BCUT2D eigenvalue weighted by molar-refractivity contribution is 6.00. The van der Waals surface area contributed by atoms with Crippen LogP contribution in [0.15, 0.2) is 82.2 Å². The average Bonchev–Trinajstić information content (AvgIpc) is 3.05.